The summed E-state index contributed by atoms with van der Waals surface area (Å²) in [6.07, 6.45) is -0.220. The fourth-order valence-electron chi connectivity index (χ4n) is 1.89. The second-order valence-corrected chi connectivity index (χ2v) is 3.58. The van der Waals surface area contributed by atoms with Crippen LogP contribution in [0.5, 0.6) is 0 Å². The standard InChI is InChI=1S/C9H19NO3/c1-5-7(10)9(12-4)13-6(2)8(5)11-3/h5-9H,10H2,1-4H3. The van der Waals surface area contributed by atoms with Gasteiger partial charge in [-0.1, -0.05) is 6.92 Å². The molecule has 13 heavy (non-hydrogen) atoms. The molecule has 0 aromatic rings. The van der Waals surface area contributed by atoms with Gasteiger partial charge in [-0.2, -0.15) is 0 Å². The van der Waals surface area contributed by atoms with E-state index in [2.05, 4.69) is 6.92 Å². The van der Waals surface area contributed by atoms with Gasteiger partial charge in [0.1, 0.15) is 0 Å². The van der Waals surface area contributed by atoms with Crippen LogP contribution in [0.15, 0.2) is 0 Å². The van der Waals surface area contributed by atoms with Crippen LogP contribution in [0, 0.1) is 5.92 Å². The molecule has 4 heteroatoms. The quantitative estimate of drug-likeness (QED) is 0.681. The Hall–Kier alpha value is -0.160. The van der Waals surface area contributed by atoms with Gasteiger partial charge in [-0.25, -0.2) is 0 Å². The molecular weight excluding hydrogens is 170 g/mol. The van der Waals surface area contributed by atoms with Gasteiger partial charge in [0.15, 0.2) is 6.29 Å². The Bertz CT molecular complexity index is 165. The first-order chi connectivity index (χ1) is 6.11. The van der Waals surface area contributed by atoms with Crippen LogP contribution in [0.2, 0.25) is 0 Å². The molecule has 0 spiro atoms. The first-order valence-corrected chi connectivity index (χ1v) is 4.58. The van der Waals surface area contributed by atoms with Crippen LogP contribution < -0.4 is 5.73 Å². The summed E-state index contributed by atoms with van der Waals surface area (Å²) in [5, 5.41) is 0. The van der Waals surface area contributed by atoms with E-state index in [4.69, 9.17) is 19.9 Å². The lowest BCUT2D eigenvalue weighted by molar-refractivity contribution is -0.236. The molecule has 1 heterocycles. The molecule has 0 radical (unpaired) electrons. The summed E-state index contributed by atoms with van der Waals surface area (Å²) in [5.41, 5.74) is 5.93. The molecule has 5 unspecified atom stereocenters. The highest BCUT2D eigenvalue weighted by Crippen LogP contribution is 2.26. The molecule has 2 N–H and O–H groups in total. The molecular formula is C9H19NO3. The van der Waals surface area contributed by atoms with Gasteiger partial charge >= 0.3 is 0 Å². The van der Waals surface area contributed by atoms with E-state index in [-0.39, 0.29) is 30.5 Å². The molecule has 1 rings (SSSR count). The zero-order valence-corrected chi connectivity index (χ0v) is 8.69. The highest BCUT2D eigenvalue weighted by atomic mass is 16.7. The molecule has 0 aromatic heterocycles. The second-order valence-electron chi connectivity index (χ2n) is 3.58. The maximum atomic E-state index is 5.93. The number of methoxy groups -OCH3 is 2. The van der Waals surface area contributed by atoms with E-state index in [9.17, 15) is 0 Å². The first kappa shape index (κ1) is 10.9. The monoisotopic (exact) mass is 189 g/mol. The lowest BCUT2D eigenvalue weighted by Crippen LogP contribution is -2.57. The minimum atomic E-state index is -0.309. The van der Waals surface area contributed by atoms with Crippen molar-refractivity contribution in [2.45, 2.75) is 38.4 Å². The second kappa shape index (κ2) is 4.37. The zero-order chi connectivity index (χ0) is 10.0. The molecule has 5 atom stereocenters. The van der Waals surface area contributed by atoms with Crippen LogP contribution >= 0.6 is 0 Å². The number of nitrogens with two attached hydrogens (primary N) is 1. The van der Waals surface area contributed by atoms with Gasteiger partial charge in [0.25, 0.3) is 0 Å². The molecule has 0 amide bonds. The maximum Gasteiger partial charge on any atom is 0.172 e. The highest BCUT2D eigenvalue weighted by molar-refractivity contribution is 4.88. The Morgan fingerprint density at radius 3 is 2.23 bits per heavy atom. The third-order valence-corrected chi connectivity index (χ3v) is 2.76. The minimum absolute atomic E-state index is 0.0322. The smallest absolute Gasteiger partial charge is 0.172 e. The molecule has 1 aliphatic heterocycles. The minimum Gasteiger partial charge on any atom is -0.378 e. The topological polar surface area (TPSA) is 53.7 Å². The van der Waals surface area contributed by atoms with Gasteiger partial charge in [-0.3, -0.25) is 0 Å². The average molecular weight is 189 g/mol. The van der Waals surface area contributed by atoms with Crippen LogP contribution in [0.1, 0.15) is 13.8 Å². The van der Waals surface area contributed by atoms with Crippen molar-refractivity contribution in [2.75, 3.05) is 14.2 Å². The molecule has 4 nitrogen and oxygen atoms in total. The Balaban J connectivity index is 2.66. The van der Waals surface area contributed by atoms with Gasteiger partial charge in [0.2, 0.25) is 0 Å². The molecule has 78 valence electrons. The highest BCUT2D eigenvalue weighted by Gasteiger charge is 2.40. The normalized spacial score (nSPS) is 46.4. The largest absolute Gasteiger partial charge is 0.378 e. The predicted molar refractivity (Wildman–Crippen MR) is 49.3 cm³/mol. The van der Waals surface area contributed by atoms with Gasteiger partial charge in [0.05, 0.1) is 18.2 Å². The number of rotatable bonds is 2. The number of hydrogen-bond acceptors (Lipinski definition) is 4. The van der Waals surface area contributed by atoms with E-state index >= 15 is 0 Å². The van der Waals surface area contributed by atoms with Crippen molar-refractivity contribution in [2.24, 2.45) is 11.7 Å². The summed E-state index contributed by atoms with van der Waals surface area (Å²) >= 11 is 0. The van der Waals surface area contributed by atoms with Crippen molar-refractivity contribution in [3.05, 3.63) is 0 Å². The van der Waals surface area contributed by atoms with E-state index in [1.807, 2.05) is 6.92 Å². The lowest BCUT2D eigenvalue weighted by atomic mass is 9.90. The molecule has 0 bridgehead atoms. The van der Waals surface area contributed by atoms with Gasteiger partial charge in [-0.05, 0) is 6.92 Å². The SMILES string of the molecule is COC1OC(C)C(OC)C(C)C1N. The van der Waals surface area contributed by atoms with Crippen LogP contribution in [-0.2, 0) is 14.2 Å². The third kappa shape index (κ3) is 2.02. The van der Waals surface area contributed by atoms with Crippen LogP contribution in [0.25, 0.3) is 0 Å². The van der Waals surface area contributed by atoms with Crippen molar-refractivity contribution in [1.29, 1.82) is 0 Å². The summed E-state index contributed by atoms with van der Waals surface area (Å²) in [6.45, 7) is 4.03. The molecule has 0 saturated carbocycles. The first-order valence-electron chi connectivity index (χ1n) is 4.58. The van der Waals surface area contributed by atoms with Crippen molar-refractivity contribution in [1.82, 2.24) is 0 Å². The van der Waals surface area contributed by atoms with Crippen molar-refractivity contribution in [3.8, 4) is 0 Å². The molecule has 0 aromatic carbocycles. The zero-order valence-electron chi connectivity index (χ0n) is 8.69. The fourth-order valence-corrected chi connectivity index (χ4v) is 1.89. The fraction of sp³-hybridized carbons (Fsp3) is 1.00. The van der Waals surface area contributed by atoms with E-state index in [1.54, 1.807) is 14.2 Å². The predicted octanol–water partition coefficient (Wildman–Crippen LogP) is 0.356. The Morgan fingerprint density at radius 2 is 1.77 bits per heavy atom. The summed E-state index contributed by atoms with van der Waals surface area (Å²) in [4.78, 5) is 0. The van der Waals surface area contributed by atoms with Crippen molar-refractivity contribution >= 4 is 0 Å². The third-order valence-electron chi connectivity index (χ3n) is 2.76. The summed E-state index contributed by atoms with van der Waals surface area (Å²) in [7, 11) is 3.29. The van der Waals surface area contributed by atoms with E-state index in [0.29, 0.717) is 0 Å². The summed E-state index contributed by atoms with van der Waals surface area (Å²) in [6, 6.07) is -0.119. The molecule has 1 saturated heterocycles. The molecule has 0 aliphatic carbocycles. The summed E-state index contributed by atoms with van der Waals surface area (Å²) in [5.74, 6) is 0.249. The van der Waals surface area contributed by atoms with Crippen LogP contribution in [0.4, 0.5) is 0 Å². The number of hydrogen-bond donors (Lipinski definition) is 1. The Kier molecular flexibility index (Phi) is 3.67. The lowest BCUT2D eigenvalue weighted by Gasteiger charge is -2.41. The van der Waals surface area contributed by atoms with E-state index in [1.165, 1.54) is 0 Å². The van der Waals surface area contributed by atoms with Gasteiger partial charge in [0, 0.05) is 20.1 Å². The Morgan fingerprint density at radius 1 is 1.15 bits per heavy atom. The average Bonchev–Trinajstić information content (AvgIpc) is 2.12. The maximum absolute atomic E-state index is 5.93. The van der Waals surface area contributed by atoms with E-state index < -0.39 is 0 Å². The van der Waals surface area contributed by atoms with Gasteiger partial charge < -0.3 is 19.9 Å². The molecule has 1 fully saturated rings. The van der Waals surface area contributed by atoms with Gasteiger partial charge in [-0.15, -0.1) is 0 Å². The van der Waals surface area contributed by atoms with E-state index in [0.717, 1.165) is 0 Å². The Labute approximate surface area is 79.3 Å². The molecule has 1 aliphatic rings. The van der Waals surface area contributed by atoms with Crippen molar-refractivity contribution in [3.63, 3.8) is 0 Å². The van der Waals surface area contributed by atoms with Crippen molar-refractivity contribution < 1.29 is 14.2 Å². The van der Waals surface area contributed by atoms with Crippen LogP contribution in [-0.4, -0.2) is 38.8 Å². The van der Waals surface area contributed by atoms with Crippen LogP contribution in [0.3, 0.4) is 0 Å². The number of ether oxygens (including phenoxy) is 3. The summed E-state index contributed by atoms with van der Waals surface area (Å²) < 4.78 is 16.0.